The average molecular weight is 437 g/mol. The zero-order chi connectivity index (χ0) is 22.1. The number of nitrogens with zero attached hydrogens (tertiary/aromatic N) is 3. The monoisotopic (exact) mass is 436 g/mol. The first-order valence-electron chi connectivity index (χ1n) is 12.0. The van der Waals surface area contributed by atoms with Crippen molar-refractivity contribution in [3.63, 3.8) is 0 Å². The van der Waals surface area contributed by atoms with E-state index in [1.807, 2.05) is 0 Å². The molecule has 1 saturated heterocycles. The Morgan fingerprint density at radius 1 is 0.938 bits per heavy atom. The summed E-state index contributed by atoms with van der Waals surface area (Å²) in [6.45, 7) is 5.96. The smallest absolute Gasteiger partial charge is 0.236 e. The third-order valence-electron chi connectivity index (χ3n) is 7.49. The summed E-state index contributed by atoms with van der Waals surface area (Å²) in [5.74, 6) is -0.120. The largest absolute Gasteiger partial charge is 0.396 e. The average Bonchev–Trinajstić information content (AvgIpc) is 3.36. The van der Waals surface area contributed by atoms with E-state index in [4.69, 9.17) is 5.73 Å². The first-order chi connectivity index (χ1) is 15.6. The number of fused-ring (bicyclic) bond motifs is 1. The molecule has 2 aromatic carbocycles. The highest BCUT2D eigenvalue weighted by molar-refractivity contribution is 5.78. The van der Waals surface area contributed by atoms with Gasteiger partial charge >= 0.3 is 0 Å². The van der Waals surface area contributed by atoms with Crippen LogP contribution in [-0.4, -0.2) is 65.9 Å². The molecule has 0 spiro atoms. The molecule has 1 saturated carbocycles. The first-order valence-corrected chi connectivity index (χ1v) is 12.0. The molecule has 2 heterocycles. The number of hydrogen-bond donors (Lipinski definition) is 1. The Hall–Kier alpha value is -2.44. The van der Waals surface area contributed by atoms with Crippen LogP contribution in [0.4, 0.5) is 10.1 Å². The lowest BCUT2D eigenvalue weighted by atomic mass is 9.94. The van der Waals surface area contributed by atoms with Crippen molar-refractivity contribution in [3.05, 3.63) is 53.3 Å². The molecule has 2 aromatic rings. The number of halogens is 1. The standard InChI is InChI=1S/C26H33FN4O/c27-24-8-7-20(16-25(24)28)19-5-6-22-17-29(10-9-21(22)15-19)18-26(32)31-13-11-30(12-14-31)23-3-1-2-4-23/h5-8,15-16,23H,1-4,9-14,17-18,28H2. The van der Waals surface area contributed by atoms with E-state index >= 15 is 0 Å². The highest BCUT2D eigenvalue weighted by atomic mass is 19.1. The summed E-state index contributed by atoms with van der Waals surface area (Å²) in [5.41, 5.74) is 10.5. The molecule has 170 valence electrons. The van der Waals surface area contributed by atoms with Crippen molar-refractivity contribution in [2.75, 3.05) is 45.0 Å². The number of carbonyl (C=O) groups excluding carboxylic acids is 1. The van der Waals surface area contributed by atoms with Gasteiger partial charge in [-0.15, -0.1) is 0 Å². The molecule has 2 fully saturated rings. The molecule has 2 aliphatic heterocycles. The molecule has 1 amide bonds. The summed E-state index contributed by atoms with van der Waals surface area (Å²) in [6, 6.07) is 12.0. The molecule has 5 nitrogen and oxygen atoms in total. The fourth-order valence-electron chi connectivity index (χ4n) is 5.55. The lowest BCUT2D eigenvalue weighted by Crippen LogP contribution is -2.53. The van der Waals surface area contributed by atoms with Gasteiger partial charge in [0.2, 0.25) is 5.91 Å². The van der Waals surface area contributed by atoms with Gasteiger partial charge in [-0.05, 0) is 53.6 Å². The molecule has 0 radical (unpaired) electrons. The number of rotatable bonds is 4. The highest BCUT2D eigenvalue weighted by Gasteiger charge is 2.29. The van der Waals surface area contributed by atoms with E-state index in [2.05, 4.69) is 32.9 Å². The van der Waals surface area contributed by atoms with E-state index in [0.29, 0.717) is 6.54 Å². The van der Waals surface area contributed by atoms with Crippen molar-refractivity contribution in [1.82, 2.24) is 14.7 Å². The van der Waals surface area contributed by atoms with E-state index in [9.17, 15) is 9.18 Å². The van der Waals surface area contributed by atoms with E-state index < -0.39 is 0 Å². The first kappa shape index (κ1) is 21.4. The van der Waals surface area contributed by atoms with Crippen molar-refractivity contribution >= 4 is 11.6 Å². The van der Waals surface area contributed by atoms with Gasteiger partial charge in [0.1, 0.15) is 5.82 Å². The summed E-state index contributed by atoms with van der Waals surface area (Å²) in [6.07, 6.45) is 6.30. The second-order valence-corrected chi connectivity index (χ2v) is 9.54. The van der Waals surface area contributed by atoms with Gasteiger partial charge in [-0.3, -0.25) is 14.6 Å². The van der Waals surface area contributed by atoms with Gasteiger partial charge in [0.05, 0.1) is 12.2 Å². The summed E-state index contributed by atoms with van der Waals surface area (Å²) in [7, 11) is 0. The van der Waals surface area contributed by atoms with Crippen molar-refractivity contribution in [3.8, 4) is 11.1 Å². The van der Waals surface area contributed by atoms with Crippen molar-refractivity contribution in [2.45, 2.75) is 44.7 Å². The molecular formula is C26H33FN4O. The molecule has 0 atom stereocenters. The fraction of sp³-hybridized carbons (Fsp3) is 0.500. The molecule has 1 aliphatic carbocycles. The Labute approximate surface area is 190 Å². The summed E-state index contributed by atoms with van der Waals surface area (Å²) >= 11 is 0. The number of piperazine rings is 1. The van der Waals surface area contributed by atoms with Crippen LogP contribution >= 0.6 is 0 Å². The number of nitrogen functional groups attached to an aromatic ring is 1. The number of benzene rings is 2. The van der Waals surface area contributed by atoms with E-state index in [-0.39, 0.29) is 17.4 Å². The number of anilines is 1. The van der Waals surface area contributed by atoms with Crippen LogP contribution in [0, 0.1) is 5.82 Å². The summed E-state index contributed by atoms with van der Waals surface area (Å²) in [5, 5.41) is 0. The molecule has 6 heteroatoms. The predicted octanol–water partition coefficient (Wildman–Crippen LogP) is 3.52. The molecule has 32 heavy (non-hydrogen) atoms. The van der Waals surface area contributed by atoms with Crippen LogP contribution < -0.4 is 5.73 Å². The van der Waals surface area contributed by atoms with E-state index in [1.165, 1.54) is 42.9 Å². The second-order valence-electron chi connectivity index (χ2n) is 9.54. The minimum Gasteiger partial charge on any atom is -0.396 e. The second kappa shape index (κ2) is 9.20. The summed E-state index contributed by atoms with van der Waals surface area (Å²) in [4.78, 5) is 19.9. The SMILES string of the molecule is Nc1cc(-c2ccc3c(c2)CCN(CC(=O)N2CCN(C4CCCC4)CC2)C3)ccc1F. The van der Waals surface area contributed by atoms with Crippen molar-refractivity contribution in [2.24, 2.45) is 0 Å². The molecular weight excluding hydrogens is 403 g/mol. The zero-order valence-electron chi connectivity index (χ0n) is 18.7. The minimum absolute atomic E-state index is 0.175. The van der Waals surface area contributed by atoms with Crippen LogP contribution in [0.25, 0.3) is 11.1 Å². The van der Waals surface area contributed by atoms with Crippen LogP contribution in [0.3, 0.4) is 0 Å². The summed E-state index contributed by atoms with van der Waals surface area (Å²) < 4.78 is 13.5. The maximum Gasteiger partial charge on any atom is 0.236 e. The van der Waals surface area contributed by atoms with Gasteiger partial charge in [-0.2, -0.15) is 0 Å². The number of hydrogen-bond acceptors (Lipinski definition) is 4. The zero-order valence-corrected chi connectivity index (χ0v) is 18.7. The van der Waals surface area contributed by atoms with E-state index in [0.717, 1.165) is 62.9 Å². The van der Waals surface area contributed by atoms with Crippen LogP contribution in [0.5, 0.6) is 0 Å². The van der Waals surface area contributed by atoms with Crippen LogP contribution in [0.2, 0.25) is 0 Å². The predicted molar refractivity (Wildman–Crippen MR) is 126 cm³/mol. The van der Waals surface area contributed by atoms with Crippen LogP contribution in [-0.2, 0) is 17.8 Å². The lowest BCUT2D eigenvalue weighted by Gasteiger charge is -2.39. The van der Waals surface area contributed by atoms with Crippen LogP contribution in [0.15, 0.2) is 36.4 Å². The third-order valence-corrected chi connectivity index (χ3v) is 7.49. The highest BCUT2D eigenvalue weighted by Crippen LogP contribution is 2.28. The minimum atomic E-state index is -0.382. The molecule has 3 aliphatic rings. The quantitative estimate of drug-likeness (QED) is 0.746. The Balaban J connectivity index is 1.17. The van der Waals surface area contributed by atoms with Gasteiger partial charge in [0.25, 0.3) is 0 Å². The fourth-order valence-corrected chi connectivity index (χ4v) is 5.55. The Morgan fingerprint density at radius 2 is 1.66 bits per heavy atom. The molecule has 0 aromatic heterocycles. The normalized spacial score (nSPS) is 20.5. The van der Waals surface area contributed by atoms with Gasteiger partial charge in [0, 0.05) is 45.3 Å². The van der Waals surface area contributed by atoms with E-state index in [1.54, 1.807) is 12.1 Å². The van der Waals surface area contributed by atoms with Crippen molar-refractivity contribution in [1.29, 1.82) is 0 Å². The van der Waals surface area contributed by atoms with Gasteiger partial charge in [0.15, 0.2) is 0 Å². The maximum atomic E-state index is 13.5. The lowest BCUT2D eigenvalue weighted by molar-refractivity contribution is -0.134. The number of nitrogens with two attached hydrogens (primary N) is 1. The Kier molecular flexibility index (Phi) is 6.15. The van der Waals surface area contributed by atoms with Gasteiger partial charge in [-0.1, -0.05) is 37.1 Å². The maximum absolute atomic E-state index is 13.5. The topological polar surface area (TPSA) is 52.8 Å². The molecule has 0 bridgehead atoms. The van der Waals surface area contributed by atoms with Crippen molar-refractivity contribution < 1.29 is 9.18 Å². The molecule has 0 unspecified atom stereocenters. The van der Waals surface area contributed by atoms with Crippen LogP contribution in [0.1, 0.15) is 36.8 Å². The Morgan fingerprint density at radius 3 is 2.41 bits per heavy atom. The molecule has 5 rings (SSSR count). The molecule has 2 N–H and O–H groups in total. The third kappa shape index (κ3) is 4.52. The van der Waals surface area contributed by atoms with Gasteiger partial charge < -0.3 is 10.6 Å². The Bertz CT molecular complexity index is 980. The number of carbonyl (C=O) groups is 1. The number of amides is 1. The van der Waals surface area contributed by atoms with Gasteiger partial charge in [-0.25, -0.2) is 4.39 Å².